The van der Waals surface area contributed by atoms with Gasteiger partial charge in [0.2, 0.25) is 10.0 Å². The van der Waals surface area contributed by atoms with Crippen LogP contribution in [0.2, 0.25) is 0 Å². The van der Waals surface area contributed by atoms with Crippen LogP contribution in [0.3, 0.4) is 0 Å². The summed E-state index contributed by atoms with van der Waals surface area (Å²) in [5.74, 6) is 0.375. The Hall–Kier alpha value is -2.09. The highest BCUT2D eigenvalue weighted by atomic mass is 32.2. The molecule has 0 radical (unpaired) electrons. The van der Waals surface area contributed by atoms with Crippen LogP contribution in [0.1, 0.15) is 50.3 Å². The van der Waals surface area contributed by atoms with Crippen molar-refractivity contribution in [2.75, 3.05) is 32.4 Å². The number of piperazine rings is 1. The van der Waals surface area contributed by atoms with Crippen molar-refractivity contribution >= 4 is 27.0 Å². The van der Waals surface area contributed by atoms with Crippen LogP contribution in [0, 0.1) is 6.92 Å². The van der Waals surface area contributed by atoms with E-state index in [4.69, 9.17) is 4.99 Å². The lowest BCUT2D eigenvalue weighted by Crippen LogP contribution is -2.49. The first-order chi connectivity index (χ1) is 16.2. The van der Waals surface area contributed by atoms with Crippen molar-refractivity contribution in [1.82, 2.24) is 9.21 Å². The molecule has 0 bridgehead atoms. The van der Waals surface area contributed by atoms with Crippen LogP contribution < -0.4 is 0 Å². The molecule has 0 aliphatic carbocycles. The monoisotopic (exact) mass is 501 g/mol. The van der Waals surface area contributed by atoms with Crippen molar-refractivity contribution in [3.8, 4) is 0 Å². The summed E-state index contributed by atoms with van der Waals surface area (Å²) in [5.41, 5.74) is 4.36. The molecule has 1 saturated heterocycles. The number of aryl methyl sites for hydroxylation is 1. The number of hydrogen-bond donors (Lipinski definition) is 0. The Labute approximate surface area is 211 Å². The average Bonchev–Trinajstić information content (AvgIpc) is 2.85. The number of aliphatic imine (C=N–C) groups is 1. The van der Waals surface area contributed by atoms with Gasteiger partial charge in [-0.15, -0.1) is 0 Å². The van der Waals surface area contributed by atoms with Gasteiger partial charge in [0.1, 0.15) is 0 Å². The number of thioether (sulfide) groups is 1. The van der Waals surface area contributed by atoms with Crippen LogP contribution in [0.15, 0.2) is 70.7 Å². The summed E-state index contributed by atoms with van der Waals surface area (Å²) in [7, 11) is -3.49. The first-order valence-corrected chi connectivity index (χ1v) is 14.6. The Morgan fingerprint density at radius 2 is 1.56 bits per heavy atom. The molecule has 0 saturated carbocycles. The summed E-state index contributed by atoms with van der Waals surface area (Å²) in [6.45, 7) is 16.5. The summed E-state index contributed by atoms with van der Waals surface area (Å²) in [6, 6.07) is 15.7. The first kappa shape index (κ1) is 28.1. The van der Waals surface area contributed by atoms with Gasteiger partial charge < -0.3 is 4.90 Å². The van der Waals surface area contributed by atoms with Gasteiger partial charge in [0.05, 0.1) is 4.90 Å². The minimum Gasteiger partial charge on any atom is -0.349 e. The fraction of sp³-hybridized carbons (Fsp3) is 0.444. The third kappa shape index (κ3) is 7.45. The highest BCUT2D eigenvalue weighted by molar-refractivity contribution is 8.13. The average molecular weight is 502 g/mol. The molecule has 0 aromatic heterocycles. The van der Waals surface area contributed by atoms with E-state index >= 15 is 0 Å². The zero-order valence-corrected chi connectivity index (χ0v) is 23.0. The number of hydrogen-bond acceptors (Lipinski definition) is 4. The quantitative estimate of drug-likeness (QED) is 0.364. The highest BCUT2D eigenvalue weighted by Gasteiger charge is 2.29. The minimum absolute atomic E-state index is 0.362. The predicted octanol–water partition coefficient (Wildman–Crippen LogP) is 5.93. The number of benzene rings is 2. The molecule has 5 nitrogen and oxygen atoms in total. The molecule has 7 heteroatoms. The number of amidine groups is 1. The van der Waals surface area contributed by atoms with Gasteiger partial charge in [-0.2, -0.15) is 4.31 Å². The van der Waals surface area contributed by atoms with Crippen LogP contribution in [0.25, 0.3) is 0 Å². The minimum atomic E-state index is -3.49. The maximum Gasteiger partial charge on any atom is 0.243 e. The second kappa shape index (κ2) is 13.1. The van der Waals surface area contributed by atoms with Crippen molar-refractivity contribution in [2.24, 2.45) is 4.99 Å². The smallest absolute Gasteiger partial charge is 0.243 e. The Morgan fingerprint density at radius 3 is 2.06 bits per heavy atom. The van der Waals surface area contributed by atoms with Crippen LogP contribution in [-0.4, -0.2) is 55.2 Å². The summed E-state index contributed by atoms with van der Waals surface area (Å²) in [5, 5.41) is 0.889. The largest absolute Gasteiger partial charge is 0.349 e. The van der Waals surface area contributed by atoms with Crippen molar-refractivity contribution in [2.45, 2.75) is 51.9 Å². The lowest BCUT2D eigenvalue weighted by molar-refractivity contribution is 0.269. The van der Waals surface area contributed by atoms with Gasteiger partial charge in [-0.3, -0.25) is 0 Å². The lowest BCUT2D eigenvalue weighted by Gasteiger charge is -2.35. The molecule has 0 amide bonds. The standard InChI is InChI=1S/C25H33N3O2S2.C2H6/c1-19(2)23-10-12-24(13-11-23)32(29,30)28-16-14-27(15-17-28)25(31-5)26-21(4)18-22-8-6-20(3)7-9-22;1-2/h6-13,19H,4,14-18H2,1-3,5H3;1-2H3. The molecule has 3 rings (SSSR count). The van der Waals surface area contributed by atoms with E-state index in [-0.39, 0.29) is 0 Å². The van der Waals surface area contributed by atoms with E-state index in [0.29, 0.717) is 43.4 Å². The van der Waals surface area contributed by atoms with Crippen molar-refractivity contribution < 1.29 is 8.42 Å². The molecular formula is C27H39N3O2S2. The van der Waals surface area contributed by atoms with Gasteiger partial charge in [-0.25, -0.2) is 13.4 Å². The zero-order chi connectivity index (χ0) is 25.3. The van der Waals surface area contributed by atoms with E-state index in [1.54, 1.807) is 28.2 Å². The SMILES string of the molecule is C=C(Cc1ccc(C)cc1)N=C(SC)N1CCN(S(=O)(=O)c2ccc(C(C)C)cc2)CC1.CC. The summed E-state index contributed by atoms with van der Waals surface area (Å²) < 4.78 is 27.7. The lowest BCUT2D eigenvalue weighted by atomic mass is 10.0. The number of sulfonamides is 1. The highest BCUT2D eigenvalue weighted by Crippen LogP contribution is 2.22. The van der Waals surface area contributed by atoms with Crippen LogP contribution in [0.5, 0.6) is 0 Å². The molecule has 2 aromatic rings. The van der Waals surface area contributed by atoms with Gasteiger partial charge in [-0.1, -0.05) is 88.0 Å². The molecule has 1 heterocycles. The first-order valence-electron chi connectivity index (χ1n) is 11.9. The molecule has 34 heavy (non-hydrogen) atoms. The van der Waals surface area contributed by atoms with E-state index in [2.05, 4.69) is 56.5 Å². The van der Waals surface area contributed by atoms with Crippen molar-refractivity contribution in [1.29, 1.82) is 0 Å². The third-order valence-corrected chi connectivity index (χ3v) is 8.29. The van der Waals surface area contributed by atoms with E-state index in [9.17, 15) is 8.42 Å². The second-order valence-corrected chi connectivity index (χ2v) is 11.2. The third-order valence-electron chi connectivity index (χ3n) is 5.66. The van der Waals surface area contributed by atoms with Gasteiger partial charge in [-0.05, 0) is 42.4 Å². The fourth-order valence-corrected chi connectivity index (χ4v) is 5.74. The van der Waals surface area contributed by atoms with Crippen LogP contribution >= 0.6 is 11.8 Å². The predicted molar refractivity (Wildman–Crippen MR) is 147 cm³/mol. The fourth-order valence-electron chi connectivity index (χ4n) is 3.66. The molecule has 0 atom stereocenters. The molecule has 1 fully saturated rings. The maximum atomic E-state index is 13.1. The molecule has 0 N–H and O–H groups in total. The van der Waals surface area contributed by atoms with Gasteiger partial charge in [0, 0.05) is 38.3 Å². The molecule has 1 aliphatic rings. The molecular weight excluding hydrogens is 462 g/mol. The summed E-state index contributed by atoms with van der Waals surface area (Å²) >= 11 is 1.57. The maximum absolute atomic E-state index is 13.1. The molecule has 186 valence electrons. The van der Waals surface area contributed by atoms with E-state index in [1.165, 1.54) is 11.1 Å². The summed E-state index contributed by atoms with van der Waals surface area (Å²) in [4.78, 5) is 7.26. The van der Waals surface area contributed by atoms with Crippen LogP contribution in [-0.2, 0) is 16.4 Å². The Balaban J connectivity index is 0.00000199. The number of allylic oxidation sites excluding steroid dienone is 1. The number of rotatable bonds is 6. The summed E-state index contributed by atoms with van der Waals surface area (Å²) in [6.07, 6.45) is 2.70. The topological polar surface area (TPSA) is 53.0 Å². The van der Waals surface area contributed by atoms with Gasteiger partial charge in [0.15, 0.2) is 5.17 Å². The molecule has 2 aromatic carbocycles. The van der Waals surface area contributed by atoms with Crippen molar-refractivity contribution in [3.05, 3.63) is 77.5 Å². The van der Waals surface area contributed by atoms with Gasteiger partial charge in [0.25, 0.3) is 0 Å². The Bertz CT molecular complexity index is 1050. The second-order valence-electron chi connectivity index (χ2n) is 8.44. The molecule has 1 aliphatic heterocycles. The molecule has 0 spiro atoms. The van der Waals surface area contributed by atoms with E-state index in [1.807, 2.05) is 32.2 Å². The van der Waals surface area contributed by atoms with Crippen molar-refractivity contribution in [3.63, 3.8) is 0 Å². The molecule has 0 unspecified atom stereocenters. The van der Waals surface area contributed by atoms with Gasteiger partial charge >= 0.3 is 0 Å². The Morgan fingerprint density at radius 1 is 1.00 bits per heavy atom. The van der Waals surface area contributed by atoms with E-state index < -0.39 is 10.0 Å². The number of nitrogens with zero attached hydrogens (tertiary/aromatic N) is 3. The van der Waals surface area contributed by atoms with Crippen LogP contribution in [0.4, 0.5) is 0 Å². The Kier molecular flexibility index (Phi) is 10.9. The zero-order valence-electron chi connectivity index (χ0n) is 21.4. The van der Waals surface area contributed by atoms with E-state index in [0.717, 1.165) is 16.4 Å². The normalized spacial score (nSPS) is 15.1.